The number of nitrogens with one attached hydrogen (secondary N) is 1. The van der Waals surface area contributed by atoms with Crippen molar-refractivity contribution in [3.8, 4) is 11.6 Å². The highest BCUT2D eigenvalue weighted by Crippen LogP contribution is 2.26. The Balaban J connectivity index is 1.75. The third-order valence-corrected chi connectivity index (χ3v) is 5.74. The van der Waals surface area contributed by atoms with Gasteiger partial charge >= 0.3 is 5.69 Å². The zero-order valence-electron chi connectivity index (χ0n) is 17.1. The second-order valence-corrected chi connectivity index (χ2v) is 7.85. The van der Waals surface area contributed by atoms with Gasteiger partial charge in [0.2, 0.25) is 5.91 Å². The average Bonchev–Trinajstić information content (AvgIpc) is 3.31. The van der Waals surface area contributed by atoms with E-state index in [0.29, 0.717) is 10.8 Å². The number of para-hydroxylation sites is 1. The number of aryl methyl sites for hydroxylation is 2. The van der Waals surface area contributed by atoms with Crippen LogP contribution in [0.4, 0.5) is 5.69 Å². The molecule has 31 heavy (non-hydrogen) atoms. The van der Waals surface area contributed by atoms with E-state index in [9.17, 15) is 14.4 Å². The number of rotatable bonds is 5. The molecule has 0 spiro atoms. The van der Waals surface area contributed by atoms with Gasteiger partial charge < -0.3 is 9.73 Å². The van der Waals surface area contributed by atoms with Gasteiger partial charge in [-0.05, 0) is 30.7 Å². The molecule has 158 valence electrons. The van der Waals surface area contributed by atoms with Crippen molar-refractivity contribution < 1.29 is 9.21 Å². The highest BCUT2D eigenvalue weighted by molar-refractivity contribution is 8.00. The van der Waals surface area contributed by atoms with Crippen LogP contribution in [0.15, 0.2) is 61.7 Å². The van der Waals surface area contributed by atoms with Crippen molar-refractivity contribution in [2.75, 3.05) is 11.1 Å². The Morgan fingerprint density at radius 2 is 1.87 bits per heavy atom. The molecule has 1 aromatic carbocycles. The lowest BCUT2D eigenvalue weighted by atomic mass is 10.2. The standard InChI is InChI=1S/C21H19N5O4S/c1-12-7-4-5-8-13(12)22-15(27)11-31-19-16-18(25(2)21(29)26(3)20(16)28)23-17(24-19)14-9-6-10-30-14/h4-10H,11H2,1-3H3,(H,22,27). The number of thioether (sulfide) groups is 1. The van der Waals surface area contributed by atoms with E-state index in [2.05, 4.69) is 15.3 Å². The molecular weight excluding hydrogens is 418 g/mol. The Morgan fingerprint density at radius 3 is 2.58 bits per heavy atom. The van der Waals surface area contributed by atoms with Crippen LogP contribution in [0.1, 0.15) is 5.56 Å². The fourth-order valence-corrected chi connectivity index (χ4v) is 3.90. The fraction of sp³-hybridized carbons (Fsp3) is 0.190. The van der Waals surface area contributed by atoms with E-state index >= 15 is 0 Å². The molecule has 0 fully saturated rings. The molecule has 0 aliphatic carbocycles. The SMILES string of the molecule is Cc1ccccc1NC(=O)CSc1nc(-c2ccco2)nc2c1c(=O)n(C)c(=O)n2C. The summed E-state index contributed by atoms with van der Waals surface area (Å²) in [6.07, 6.45) is 1.48. The zero-order valence-corrected chi connectivity index (χ0v) is 17.9. The first-order valence-electron chi connectivity index (χ1n) is 9.36. The molecule has 9 nitrogen and oxygen atoms in total. The molecule has 0 saturated heterocycles. The predicted molar refractivity (Wildman–Crippen MR) is 118 cm³/mol. The number of anilines is 1. The average molecular weight is 437 g/mol. The van der Waals surface area contributed by atoms with Gasteiger partial charge in [0.15, 0.2) is 17.2 Å². The van der Waals surface area contributed by atoms with Gasteiger partial charge in [-0.25, -0.2) is 14.8 Å². The normalized spacial score (nSPS) is 11.1. The summed E-state index contributed by atoms with van der Waals surface area (Å²) in [5.74, 6) is 0.389. The third kappa shape index (κ3) is 3.89. The van der Waals surface area contributed by atoms with E-state index in [1.165, 1.54) is 24.9 Å². The molecule has 1 N–H and O–H groups in total. The van der Waals surface area contributed by atoms with E-state index in [4.69, 9.17) is 4.42 Å². The summed E-state index contributed by atoms with van der Waals surface area (Å²) in [5, 5.41) is 3.33. The summed E-state index contributed by atoms with van der Waals surface area (Å²) in [6, 6.07) is 10.8. The van der Waals surface area contributed by atoms with Gasteiger partial charge in [-0.15, -0.1) is 0 Å². The molecule has 4 rings (SSSR count). The van der Waals surface area contributed by atoms with Crippen LogP contribution in [-0.2, 0) is 18.9 Å². The lowest BCUT2D eigenvalue weighted by Gasteiger charge is -2.11. The van der Waals surface area contributed by atoms with Gasteiger partial charge in [-0.1, -0.05) is 30.0 Å². The van der Waals surface area contributed by atoms with Crippen LogP contribution in [0, 0.1) is 6.92 Å². The molecule has 0 aliphatic rings. The highest BCUT2D eigenvalue weighted by atomic mass is 32.2. The van der Waals surface area contributed by atoms with Crippen molar-refractivity contribution in [3.63, 3.8) is 0 Å². The molecule has 0 unspecified atom stereocenters. The van der Waals surface area contributed by atoms with Crippen molar-refractivity contribution in [1.82, 2.24) is 19.1 Å². The van der Waals surface area contributed by atoms with Crippen molar-refractivity contribution in [2.24, 2.45) is 14.1 Å². The first-order valence-corrected chi connectivity index (χ1v) is 10.4. The molecule has 1 amide bonds. The summed E-state index contributed by atoms with van der Waals surface area (Å²) >= 11 is 1.10. The number of hydrogen-bond acceptors (Lipinski definition) is 7. The van der Waals surface area contributed by atoms with E-state index in [1.807, 2.05) is 31.2 Å². The quantitative estimate of drug-likeness (QED) is 0.377. The summed E-state index contributed by atoms with van der Waals surface area (Å²) in [4.78, 5) is 46.6. The van der Waals surface area contributed by atoms with E-state index in [1.54, 1.807) is 12.1 Å². The van der Waals surface area contributed by atoms with Crippen LogP contribution >= 0.6 is 11.8 Å². The minimum absolute atomic E-state index is 0.0179. The van der Waals surface area contributed by atoms with E-state index < -0.39 is 11.2 Å². The predicted octanol–water partition coefficient (Wildman–Crippen LogP) is 2.33. The maximum atomic E-state index is 12.8. The number of carbonyl (C=O) groups excluding carboxylic acids is 1. The van der Waals surface area contributed by atoms with Crippen LogP contribution in [0.25, 0.3) is 22.6 Å². The number of amides is 1. The van der Waals surface area contributed by atoms with Crippen molar-refractivity contribution in [3.05, 3.63) is 69.1 Å². The monoisotopic (exact) mass is 437 g/mol. The van der Waals surface area contributed by atoms with E-state index in [-0.39, 0.29) is 28.5 Å². The number of aromatic nitrogens is 4. The van der Waals surface area contributed by atoms with Crippen molar-refractivity contribution >= 4 is 34.4 Å². The highest BCUT2D eigenvalue weighted by Gasteiger charge is 2.20. The number of fused-ring (bicyclic) bond motifs is 1. The molecule has 3 heterocycles. The number of furan rings is 1. The minimum atomic E-state index is -0.522. The number of nitrogens with zero attached hydrogens (tertiary/aromatic N) is 4. The van der Waals surface area contributed by atoms with Gasteiger partial charge in [-0.3, -0.25) is 18.7 Å². The molecule has 0 atom stereocenters. The first kappa shape index (κ1) is 20.6. The van der Waals surface area contributed by atoms with Crippen LogP contribution in [0.3, 0.4) is 0 Å². The molecule has 0 saturated carbocycles. The van der Waals surface area contributed by atoms with Gasteiger partial charge in [0.1, 0.15) is 10.4 Å². The summed E-state index contributed by atoms with van der Waals surface area (Å²) in [7, 11) is 2.92. The summed E-state index contributed by atoms with van der Waals surface area (Å²) < 4.78 is 7.66. The molecule has 3 aromatic heterocycles. The van der Waals surface area contributed by atoms with Crippen LogP contribution in [0.2, 0.25) is 0 Å². The summed E-state index contributed by atoms with van der Waals surface area (Å²) in [5.41, 5.74) is 0.810. The molecular formula is C21H19N5O4S. The molecule has 0 aliphatic heterocycles. The number of benzene rings is 1. The topological polar surface area (TPSA) is 112 Å². The fourth-order valence-electron chi connectivity index (χ4n) is 3.08. The second-order valence-electron chi connectivity index (χ2n) is 6.89. The number of hydrogen-bond donors (Lipinski definition) is 1. The lowest BCUT2D eigenvalue weighted by molar-refractivity contribution is -0.113. The largest absolute Gasteiger partial charge is 0.461 e. The minimum Gasteiger partial charge on any atom is -0.461 e. The van der Waals surface area contributed by atoms with E-state index in [0.717, 1.165) is 27.6 Å². The maximum Gasteiger partial charge on any atom is 0.332 e. The molecule has 4 aromatic rings. The van der Waals surface area contributed by atoms with Crippen molar-refractivity contribution in [1.29, 1.82) is 0 Å². The second kappa shape index (κ2) is 8.23. The van der Waals surface area contributed by atoms with Gasteiger partial charge in [-0.2, -0.15) is 0 Å². The zero-order chi connectivity index (χ0) is 22.1. The van der Waals surface area contributed by atoms with Gasteiger partial charge in [0.25, 0.3) is 5.56 Å². The third-order valence-electron chi connectivity index (χ3n) is 4.77. The van der Waals surface area contributed by atoms with Gasteiger partial charge in [0.05, 0.1) is 12.0 Å². The van der Waals surface area contributed by atoms with Crippen LogP contribution in [-0.4, -0.2) is 30.8 Å². The van der Waals surface area contributed by atoms with Crippen LogP contribution in [0.5, 0.6) is 0 Å². The van der Waals surface area contributed by atoms with Gasteiger partial charge in [0, 0.05) is 19.8 Å². The Morgan fingerprint density at radius 1 is 1.10 bits per heavy atom. The Hall–Kier alpha value is -3.66. The number of carbonyl (C=O) groups is 1. The first-order chi connectivity index (χ1) is 14.9. The Kier molecular flexibility index (Phi) is 5.47. The summed E-state index contributed by atoms with van der Waals surface area (Å²) in [6.45, 7) is 1.90. The van der Waals surface area contributed by atoms with Crippen molar-refractivity contribution in [2.45, 2.75) is 11.9 Å². The molecule has 0 bridgehead atoms. The Labute approximate surface area is 180 Å². The Bertz CT molecular complexity index is 1410. The molecule has 0 radical (unpaired) electrons. The maximum absolute atomic E-state index is 12.8. The smallest absolute Gasteiger partial charge is 0.332 e. The lowest BCUT2D eigenvalue weighted by Crippen LogP contribution is -2.37. The molecule has 10 heteroatoms. The van der Waals surface area contributed by atoms with Crippen LogP contribution < -0.4 is 16.6 Å².